The molecule has 3 aliphatic rings. The summed E-state index contributed by atoms with van der Waals surface area (Å²) in [6, 6.07) is 17.8. The summed E-state index contributed by atoms with van der Waals surface area (Å²) in [7, 11) is 0. The Labute approximate surface area is 269 Å². The maximum absolute atomic E-state index is 14.1. The second-order valence-electron chi connectivity index (χ2n) is 11.8. The van der Waals surface area contributed by atoms with Crippen molar-refractivity contribution < 1.29 is 38.1 Å². The van der Waals surface area contributed by atoms with E-state index < -0.39 is 11.8 Å². The third-order valence-electron chi connectivity index (χ3n) is 9.28. The summed E-state index contributed by atoms with van der Waals surface area (Å²) >= 11 is 0. The molecule has 2 N–H and O–H groups in total. The first-order chi connectivity index (χ1) is 22.6. The number of carbonyl (C=O) groups is 2. The van der Waals surface area contributed by atoms with Gasteiger partial charge in [-0.15, -0.1) is 0 Å². The number of aliphatic hydroxyl groups is 1. The van der Waals surface area contributed by atoms with Gasteiger partial charge < -0.3 is 43.6 Å². The monoisotopic (exact) mass is 633 g/mol. The number of allylic oxidation sites excluding steroid dienone is 1. The van der Waals surface area contributed by atoms with Crippen LogP contribution in [-0.2, 0) is 28.5 Å². The van der Waals surface area contributed by atoms with Crippen molar-refractivity contribution in [2.45, 2.75) is 43.9 Å². The zero-order valence-electron chi connectivity index (χ0n) is 26.3. The van der Waals surface area contributed by atoms with E-state index in [9.17, 15) is 9.59 Å². The minimum absolute atomic E-state index is 0.00455. The number of furan rings is 1. The molecular formula is C35H43N3O8. The molecule has 2 fully saturated rings. The Balaban J connectivity index is 1.22. The van der Waals surface area contributed by atoms with Gasteiger partial charge in [-0.3, -0.25) is 9.59 Å². The van der Waals surface area contributed by atoms with E-state index in [2.05, 4.69) is 10.2 Å². The summed E-state index contributed by atoms with van der Waals surface area (Å²) in [5, 5.41) is 12.9. The molecule has 0 bridgehead atoms. The molecule has 11 heteroatoms. The van der Waals surface area contributed by atoms with Gasteiger partial charge in [-0.05, 0) is 50.5 Å². The normalized spacial score (nSPS) is 22.6. The van der Waals surface area contributed by atoms with Crippen LogP contribution in [0, 0.1) is 5.92 Å². The number of carbonyl (C=O) groups excluding carboxylic acids is 2. The van der Waals surface area contributed by atoms with E-state index in [0.29, 0.717) is 65.4 Å². The first kappa shape index (κ1) is 32.1. The number of hydrogen-bond acceptors (Lipinski definition) is 9. The van der Waals surface area contributed by atoms with Gasteiger partial charge in [-0.25, -0.2) is 0 Å². The van der Waals surface area contributed by atoms with Crippen molar-refractivity contribution in [3.8, 4) is 0 Å². The molecule has 3 aromatic rings. The molecule has 0 saturated carbocycles. The van der Waals surface area contributed by atoms with Crippen LogP contribution < -0.4 is 10.2 Å². The molecule has 3 atom stereocenters. The number of rotatable bonds is 13. The number of amides is 2. The lowest BCUT2D eigenvalue weighted by Gasteiger charge is -2.44. The van der Waals surface area contributed by atoms with E-state index in [0.717, 1.165) is 22.2 Å². The average molecular weight is 634 g/mol. The van der Waals surface area contributed by atoms with Crippen molar-refractivity contribution in [3.63, 3.8) is 0 Å². The van der Waals surface area contributed by atoms with E-state index in [1.54, 1.807) is 11.2 Å². The van der Waals surface area contributed by atoms with Crippen LogP contribution in [0.2, 0.25) is 0 Å². The number of likely N-dealkylation sites (tertiary alicyclic amines) is 1. The Morgan fingerprint density at radius 2 is 1.76 bits per heavy atom. The maximum Gasteiger partial charge on any atom is 0.288 e. The Hall–Kier alpha value is -3.90. The van der Waals surface area contributed by atoms with Crippen LogP contribution in [0.1, 0.15) is 37.7 Å². The van der Waals surface area contributed by atoms with Crippen molar-refractivity contribution in [1.29, 1.82) is 0 Å². The highest BCUT2D eigenvalue weighted by molar-refractivity contribution is 5.95. The van der Waals surface area contributed by atoms with Crippen LogP contribution in [0.4, 0.5) is 5.69 Å². The highest BCUT2D eigenvalue weighted by Crippen LogP contribution is 2.43. The number of para-hydroxylation sites is 2. The number of ether oxygens (including phenoxy) is 4. The summed E-state index contributed by atoms with van der Waals surface area (Å²) in [5.41, 5.74) is 2.03. The van der Waals surface area contributed by atoms with E-state index >= 15 is 0 Å². The Morgan fingerprint density at radius 3 is 2.52 bits per heavy atom. The molecule has 0 unspecified atom stereocenters. The first-order valence-electron chi connectivity index (χ1n) is 16.2. The molecule has 6 rings (SSSR count). The summed E-state index contributed by atoms with van der Waals surface area (Å²) in [4.78, 5) is 31.2. The second kappa shape index (κ2) is 14.7. The molecule has 2 aromatic carbocycles. The van der Waals surface area contributed by atoms with Gasteiger partial charge in [0.05, 0.1) is 39.4 Å². The first-order valence-corrected chi connectivity index (χ1v) is 16.2. The van der Waals surface area contributed by atoms with Gasteiger partial charge in [0, 0.05) is 54.8 Å². The molecule has 2 saturated heterocycles. The van der Waals surface area contributed by atoms with E-state index in [1.807, 2.05) is 67.6 Å². The third-order valence-corrected chi connectivity index (χ3v) is 9.28. The molecule has 4 heterocycles. The SMILES string of the molecule is CCO[C@H]1OC(C(=O)N2CCC3(CC2)C(=O)NCN3c2ccccc2)=C[C@@H](c2coc3ccccc23)[C@@H]1CCOCCOCCO. The Morgan fingerprint density at radius 1 is 1.02 bits per heavy atom. The van der Waals surface area contributed by atoms with Gasteiger partial charge in [0.2, 0.25) is 12.2 Å². The van der Waals surface area contributed by atoms with Crippen molar-refractivity contribution >= 4 is 28.5 Å². The van der Waals surface area contributed by atoms with Crippen LogP contribution >= 0.6 is 0 Å². The zero-order valence-corrected chi connectivity index (χ0v) is 26.3. The summed E-state index contributed by atoms with van der Waals surface area (Å²) in [6.07, 6.45) is 4.64. The number of nitrogens with zero attached hydrogens (tertiary/aromatic N) is 2. The smallest absolute Gasteiger partial charge is 0.288 e. The number of anilines is 1. The fourth-order valence-corrected chi connectivity index (χ4v) is 6.92. The predicted molar refractivity (Wildman–Crippen MR) is 171 cm³/mol. The number of benzene rings is 2. The minimum atomic E-state index is -0.694. The Bertz CT molecular complexity index is 1500. The van der Waals surface area contributed by atoms with Gasteiger partial charge in [0.25, 0.3) is 5.91 Å². The lowest BCUT2D eigenvalue weighted by molar-refractivity contribution is -0.172. The molecule has 11 nitrogen and oxygen atoms in total. The molecule has 3 aliphatic heterocycles. The largest absolute Gasteiger partial charge is 0.464 e. The number of nitrogens with one attached hydrogen (secondary N) is 1. The van der Waals surface area contributed by atoms with Crippen LogP contribution in [0.25, 0.3) is 11.0 Å². The average Bonchev–Trinajstić information content (AvgIpc) is 3.66. The maximum atomic E-state index is 14.1. The van der Waals surface area contributed by atoms with E-state index in [4.69, 9.17) is 28.5 Å². The molecule has 1 aromatic heterocycles. The standard InChI is InChI=1S/C35H43N3O8/c1-2-44-33-27(12-18-42-20-21-43-19-17-39)28(29-23-45-30-11-7-6-10-26(29)30)22-31(46-33)32(40)37-15-13-35(14-16-37)34(41)36-24-38(35)25-8-4-3-5-9-25/h3-11,22-23,27-28,33,39H,2,12-21,24H2,1H3,(H,36,41)/t27-,28+,33-/m0/s1. The van der Waals surface area contributed by atoms with Gasteiger partial charge in [-0.1, -0.05) is 36.4 Å². The van der Waals surface area contributed by atoms with Crippen LogP contribution in [0.3, 0.4) is 0 Å². The molecule has 0 radical (unpaired) electrons. The summed E-state index contributed by atoms with van der Waals surface area (Å²) in [6.45, 7) is 5.10. The molecule has 46 heavy (non-hydrogen) atoms. The second-order valence-corrected chi connectivity index (χ2v) is 11.8. The van der Waals surface area contributed by atoms with Crippen LogP contribution in [-0.4, -0.2) is 93.0 Å². The van der Waals surface area contributed by atoms with Crippen molar-refractivity contribution in [1.82, 2.24) is 10.2 Å². The highest BCUT2D eigenvalue weighted by atomic mass is 16.7. The van der Waals surface area contributed by atoms with Crippen LogP contribution in [0.15, 0.2) is 77.1 Å². The topological polar surface area (TPSA) is 123 Å². The van der Waals surface area contributed by atoms with Gasteiger partial charge >= 0.3 is 0 Å². The molecular weight excluding hydrogens is 590 g/mol. The van der Waals surface area contributed by atoms with E-state index in [-0.39, 0.29) is 42.6 Å². The van der Waals surface area contributed by atoms with Gasteiger partial charge in [-0.2, -0.15) is 0 Å². The zero-order chi connectivity index (χ0) is 31.9. The quantitative estimate of drug-likeness (QED) is 0.271. The predicted octanol–water partition coefficient (Wildman–Crippen LogP) is 3.78. The molecule has 246 valence electrons. The Kier molecular flexibility index (Phi) is 10.2. The minimum Gasteiger partial charge on any atom is -0.464 e. The van der Waals surface area contributed by atoms with Crippen molar-refractivity contribution in [3.05, 3.63) is 78.3 Å². The lowest BCUT2D eigenvalue weighted by Crippen LogP contribution is -2.57. The fourth-order valence-electron chi connectivity index (χ4n) is 6.92. The number of piperidine rings is 1. The summed E-state index contributed by atoms with van der Waals surface area (Å²) < 4.78 is 29.6. The van der Waals surface area contributed by atoms with Gasteiger partial charge in [0.15, 0.2) is 5.76 Å². The molecule has 0 aliphatic carbocycles. The van der Waals surface area contributed by atoms with Gasteiger partial charge in [0.1, 0.15) is 11.1 Å². The van der Waals surface area contributed by atoms with Crippen molar-refractivity contribution in [2.75, 3.05) is 64.3 Å². The number of hydrogen-bond donors (Lipinski definition) is 2. The number of aliphatic hydroxyl groups excluding tert-OH is 1. The third kappa shape index (κ3) is 6.50. The van der Waals surface area contributed by atoms with Crippen molar-refractivity contribution in [2.24, 2.45) is 5.92 Å². The fraction of sp³-hybridized carbons (Fsp3) is 0.486. The highest BCUT2D eigenvalue weighted by Gasteiger charge is 2.51. The number of fused-ring (bicyclic) bond motifs is 1. The molecule has 1 spiro atoms. The lowest BCUT2D eigenvalue weighted by atomic mass is 9.81. The summed E-state index contributed by atoms with van der Waals surface area (Å²) in [5.74, 6) is -0.340. The molecule has 2 amide bonds. The van der Waals surface area contributed by atoms with E-state index in [1.165, 1.54) is 0 Å². The van der Waals surface area contributed by atoms with Crippen LogP contribution in [0.5, 0.6) is 0 Å².